The molecule has 0 saturated carbocycles. The molecule has 1 aliphatic heterocycles. The topological polar surface area (TPSA) is 82.5 Å². The number of aromatic nitrogens is 1. The first-order valence-corrected chi connectivity index (χ1v) is 13.0. The van der Waals surface area contributed by atoms with Crippen molar-refractivity contribution in [3.05, 3.63) is 83.0 Å². The third-order valence-electron chi connectivity index (χ3n) is 7.34. The lowest BCUT2D eigenvalue weighted by Crippen LogP contribution is -2.60. The number of rotatable bonds is 6. The van der Waals surface area contributed by atoms with Gasteiger partial charge < -0.3 is 15.3 Å². The fraction of sp³-hybridized carbons (Fsp3) is 0.367. The van der Waals surface area contributed by atoms with Gasteiger partial charge in [-0.3, -0.25) is 9.59 Å². The minimum atomic E-state index is -1.10. The quantitative estimate of drug-likeness (QED) is 0.439. The van der Waals surface area contributed by atoms with Gasteiger partial charge in [-0.15, -0.1) is 0 Å². The number of hydrogen-bond donors (Lipinski definition) is 2. The molecular weight excluding hydrogens is 486 g/mol. The van der Waals surface area contributed by atoms with Crippen LogP contribution in [0, 0.1) is 11.3 Å². The number of likely N-dealkylation sites (tertiary alicyclic amines) is 1. The smallest absolute Gasteiger partial charge is 0.245 e. The highest BCUT2D eigenvalue weighted by Crippen LogP contribution is 2.46. The summed E-state index contributed by atoms with van der Waals surface area (Å²) in [5.74, 6) is -0.605. The molecule has 0 radical (unpaired) electrons. The zero-order valence-electron chi connectivity index (χ0n) is 21.7. The van der Waals surface area contributed by atoms with E-state index in [2.05, 4.69) is 10.3 Å². The number of nitrogens with one attached hydrogen (secondary N) is 1. The fourth-order valence-electron chi connectivity index (χ4n) is 5.02. The number of carbonyl (C=O) groups is 2. The molecule has 0 bridgehead atoms. The summed E-state index contributed by atoms with van der Waals surface area (Å²) < 4.78 is 0. The zero-order valence-corrected chi connectivity index (χ0v) is 22.5. The van der Waals surface area contributed by atoms with Crippen molar-refractivity contribution in [3.8, 4) is 0 Å². The Kier molecular flexibility index (Phi) is 7.72. The van der Waals surface area contributed by atoms with Gasteiger partial charge >= 0.3 is 0 Å². The van der Waals surface area contributed by atoms with Gasteiger partial charge in [0.25, 0.3) is 0 Å². The molecule has 3 aromatic rings. The van der Waals surface area contributed by atoms with E-state index in [-0.39, 0.29) is 17.7 Å². The van der Waals surface area contributed by atoms with E-state index in [0.29, 0.717) is 30.2 Å². The van der Waals surface area contributed by atoms with Crippen LogP contribution in [-0.2, 0) is 15.2 Å². The van der Waals surface area contributed by atoms with Gasteiger partial charge in [-0.1, -0.05) is 75.7 Å². The Morgan fingerprint density at radius 1 is 1.08 bits per heavy atom. The summed E-state index contributed by atoms with van der Waals surface area (Å²) in [7, 11) is 0. The van der Waals surface area contributed by atoms with Gasteiger partial charge in [0.05, 0.1) is 16.8 Å². The molecule has 0 spiro atoms. The SMILES string of the molecule is CC(C)[C@@H](NC(=O)C=Cc1ccc2ccccc2n1)C(=O)N1CC[C@](O)(c2ccc(Cl)cc2)C(C)(C)C1. The Morgan fingerprint density at radius 2 is 1.78 bits per heavy atom. The van der Waals surface area contributed by atoms with Crippen LogP contribution in [0.1, 0.15) is 45.4 Å². The van der Waals surface area contributed by atoms with E-state index in [0.717, 1.165) is 16.5 Å². The van der Waals surface area contributed by atoms with E-state index in [1.165, 1.54) is 6.08 Å². The molecule has 2 N–H and O–H groups in total. The molecule has 0 unspecified atom stereocenters. The summed E-state index contributed by atoms with van der Waals surface area (Å²) in [6.07, 6.45) is 3.46. The number of piperidine rings is 1. The van der Waals surface area contributed by atoms with Crippen LogP contribution in [-0.4, -0.2) is 45.9 Å². The minimum absolute atomic E-state index is 0.108. The summed E-state index contributed by atoms with van der Waals surface area (Å²) in [5, 5.41) is 16.2. The van der Waals surface area contributed by atoms with Crippen LogP contribution in [0.25, 0.3) is 17.0 Å². The molecule has 6 nitrogen and oxygen atoms in total. The number of hydrogen-bond acceptors (Lipinski definition) is 4. The lowest BCUT2D eigenvalue weighted by molar-refractivity contribution is -0.156. The summed E-state index contributed by atoms with van der Waals surface area (Å²) >= 11 is 6.04. The standard InChI is InChI=1S/C30H34ClN3O3/c1-20(2)27(33-26(35)16-15-24-14-9-21-7-5-6-8-25(21)32-24)28(36)34-18-17-30(37,29(3,4)19-34)22-10-12-23(31)13-11-22/h5-16,20,27,37H,17-19H2,1-4H3,(H,33,35)/t27-,30+/m1/s1. The van der Waals surface area contributed by atoms with Crippen LogP contribution >= 0.6 is 11.6 Å². The number of para-hydroxylation sites is 1. The first-order chi connectivity index (χ1) is 17.5. The fourth-order valence-corrected chi connectivity index (χ4v) is 5.14. The maximum atomic E-state index is 13.6. The summed E-state index contributed by atoms with van der Waals surface area (Å²) in [4.78, 5) is 32.6. The van der Waals surface area contributed by atoms with E-state index in [9.17, 15) is 14.7 Å². The van der Waals surface area contributed by atoms with E-state index in [1.807, 2.05) is 76.2 Å². The average molecular weight is 520 g/mol. The second kappa shape index (κ2) is 10.6. The van der Waals surface area contributed by atoms with Gasteiger partial charge in [-0.2, -0.15) is 0 Å². The van der Waals surface area contributed by atoms with Crippen LogP contribution in [0.4, 0.5) is 0 Å². The first kappa shape index (κ1) is 26.8. The molecule has 4 rings (SSSR count). The van der Waals surface area contributed by atoms with Crippen molar-refractivity contribution in [1.82, 2.24) is 15.2 Å². The van der Waals surface area contributed by atoms with Crippen LogP contribution in [0.2, 0.25) is 5.02 Å². The molecule has 2 heterocycles. The second-order valence-electron chi connectivity index (χ2n) is 10.8. The molecule has 1 aliphatic rings. The minimum Gasteiger partial charge on any atom is -0.384 e. The summed E-state index contributed by atoms with van der Waals surface area (Å²) in [6.45, 7) is 8.50. The molecule has 2 atom stereocenters. The van der Waals surface area contributed by atoms with Crippen molar-refractivity contribution >= 4 is 40.4 Å². The van der Waals surface area contributed by atoms with E-state index >= 15 is 0 Å². The number of fused-ring (bicyclic) bond motifs is 1. The van der Waals surface area contributed by atoms with Crippen LogP contribution < -0.4 is 5.32 Å². The highest BCUT2D eigenvalue weighted by Gasteiger charge is 2.50. The normalized spacial score (nSPS) is 20.4. The van der Waals surface area contributed by atoms with Gasteiger partial charge in [-0.25, -0.2) is 4.98 Å². The monoisotopic (exact) mass is 519 g/mol. The highest BCUT2D eigenvalue weighted by molar-refractivity contribution is 6.30. The number of halogens is 1. The van der Waals surface area contributed by atoms with Crippen LogP contribution in [0.3, 0.4) is 0 Å². The van der Waals surface area contributed by atoms with Crippen molar-refractivity contribution in [2.75, 3.05) is 13.1 Å². The Hall–Kier alpha value is -3.22. The van der Waals surface area contributed by atoms with Crippen molar-refractivity contribution in [3.63, 3.8) is 0 Å². The predicted octanol–water partition coefficient (Wildman–Crippen LogP) is 5.19. The number of benzene rings is 2. The number of pyridine rings is 1. The summed E-state index contributed by atoms with van der Waals surface area (Å²) in [6, 6.07) is 18.2. The largest absolute Gasteiger partial charge is 0.384 e. The maximum absolute atomic E-state index is 13.6. The molecular formula is C30H34ClN3O3. The zero-order chi connectivity index (χ0) is 26.8. The molecule has 37 heavy (non-hydrogen) atoms. The first-order valence-electron chi connectivity index (χ1n) is 12.6. The molecule has 0 aliphatic carbocycles. The molecule has 2 aromatic carbocycles. The lowest BCUT2D eigenvalue weighted by atomic mass is 9.66. The predicted molar refractivity (Wildman–Crippen MR) is 148 cm³/mol. The second-order valence-corrected chi connectivity index (χ2v) is 11.2. The number of amides is 2. The molecule has 1 aromatic heterocycles. The number of aliphatic hydroxyl groups is 1. The maximum Gasteiger partial charge on any atom is 0.245 e. The van der Waals surface area contributed by atoms with Gasteiger partial charge in [0, 0.05) is 35.0 Å². The van der Waals surface area contributed by atoms with E-state index in [4.69, 9.17) is 11.6 Å². The van der Waals surface area contributed by atoms with Crippen LogP contribution in [0.15, 0.2) is 66.7 Å². The molecule has 194 valence electrons. The van der Waals surface area contributed by atoms with Gasteiger partial charge in [0.15, 0.2) is 0 Å². The van der Waals surface area contributed by atoms with Gasteiger partial charge in [-0.05, 0) is 48.2 Å². The molecule has 2 amide bonds. The van der Waals surface area contributed by atoms with Gasteiger partial charge in [0.1, 0.15) is 6.04 Å². The molecule has 1 saturated heterocycles. The van der Waals surface area contributed by atoms with E-state index in [1.54, 1.807) is 23.1 Å². The van der Waals surface area contributed by atoms with Crippen molar-refractivity contribution in [1.29, 1.82) is 0 Å². The van der Waals surface area contributed by atoms with Crippen molar-refractivity contribution in [2.24, 2.45) is 11.3 Å². The Labute approximate surface area is 223 Å². The highest BCUT2D eigenvalue weighted by atomic mass is 35.5. The van der Waals surface area contributed by atoms with Crippen LogP contribution in [0.5, 0.6) is 0 Å². The Bertz CT molecular complexity index is 1320. The van der Waals surface area contributed by atoms with E-state index < -0.39 is 17.1 Å². The number of carbonyl (C=O) groups excluding carboxylic acids is 2. The third kappa shape index (κ3) is 5.71. The Balaban J connectivity index is 1.44. The van der Waals surface area contributed by atoms with Gasteiger partial charge in [0.2, 0.25) is 11.8 Å². The summed E-state index contributed by atoms with van der Waals surface area (Å²) in [5.41, 5.74) is 0.602. The van der Waals surface area contributed by atoms with Crippen molar-refractivity contribution in [2.45, 2.75) is 45.8 Å². The molecule has 1 fully saturated rings. The number of nitrogens with zero attached hydrogens (tertiary/aromatic N) is 2. The van der Waals surface area contributed by atoms with Crippen molar-refractivity contribution < 1.29 is 14.7 Å². The lowest BCUT2D eigenvalue weighted by Gasteiger charge is -2.51. The Morgan fingerprint density at radius 3 is 2.46 bits per heavy atom. The molecule has 7 heteroatoms. The average Bonchev–Trinajstić information content (AvgIpc) is 2.87. The third-order valence-corrected chi connectivity index (χ3v) is 7.59.